The van der Waals surface area contributed by atoms with Crippen LogP contribution >= 0.6 is 27.5 Å². The number of rotatable bonds is 5. The van der Waals surface area contributed by atoms with E-state index in [1.54, 1.807) is 37.3 Å². The van der Waals surface area contributed by atoms with Gasteiger partial charge in [0.1, 0.15) is 0 Å². The van der Waals surface area contributed by atoms with Crippen LogP contribution in [0.3, 0.4) is 0 Å². The molecule has 0 heterocycles. The third-order valence-electron chi connectivity index (χ3n) is 2.36. The van der Waals surface area contributed by atoms with Crippen molar-refractivity contribution in [3.8, 4) is 0 Å². The minimum atomic E-state index is -0.0319. The number of hydrogen-bond acceptors (Lipinski definition) is 2. The minimum Gasteiger partial charge on any atom is -0.385 e. The van der Waals surface area contributed by atoms with E-state index in [2.05, 4.69) is 15.9 Å². The van der Waals surface area contributed by atoms with Crippen LogP contribution in [-0.4, -0.2) is 38.1 Å². The molecule has 0 radical (unpaired) electrons. The van der Waals surface area contributed by atoms with Crippen LogP contribution in [-0.2, 0) is 4.74 Å². The molecule has 0 unspecified atom stereocenters. The van der Waals surface area contributed by atoms with Gasteiger partial charge in [-0.25, -0.2) is 0 Å². The Morgan fingerprint density at radius 2 is 2.24 bits per heavy atom. The van der Waals surface area contributed by atoms with Crippen molar-refractivity contribution in [2.24, 2.45) is 0 Å². The summed E-state index contributed by atoms with van der Waals surface area (Å²) in [4.78, 5) is 13.7. The highest BCUT2D eigenvalue weighted by Crippen LogP contribution is 2.23. The lowest BCUT2D eigenvalue weighted by molar-refractivity contribution is 0.0779. The molecule has 3 nitrogen and oxygen atoms in total. The average Bonchev–Trinajstić information content (AvgIpc) is 2.32. The van der Waals surface area contributed by atoms with Crippen LogP contribution in [0.15, 0.2) is 22.7 Å². The number of benzene rings is 1. The number of nitrogens with zero attached hydrogens (tertiary/aromatic N) is 1. The largest absolute Gasteiger partial charge is 0.385 e. The number of hydrogen-bond donors (Lipinski definition) is 0. The monoisotopic (exact) mass is 319 g/mol. The third-order valence-corrected chi connectivity index (χ3v) is 3.59. The predicted octanol–water partition coefficient (Wildman–Crippen LogP) is 3.21. The Hall–Kier alpha value is -0.580. The van der Waals surface area contributed by atoms with Gasteiger partial charge in [-0.05, 0) is 40.5 Å². The molecule has 0 aliphatic carbocycles. The van der Waals surface area contributed by atoms with Crippen molar-refractivity contribution in [2.75, 3.05) is 27.3 Å². The summed E-state index contributed by atoms with van der Waals surface area (Å²) >= 11 is 9.25. The van der Waals surface area contributed by atoms with Crippen LogP contribution in [0.1, 0.15) is 16.8 Å². The molecule has 1 amide bonds. The second-order valence-electron chi connectivity index (χ2n) is 3.70. The molecule has 0 saturated heterocycles. The van der Waals surface area contributed by atoms with Crippen molar-refractivity contribution in [2.45, 2.75) is 6.42 Å². The molecule has 94 valence electrons. The number of amides is 1. The summed E-state index contributed by atoms with van der Waals surface area (Å²) < 4.78 is 5.74. The predicted molar refractivity (Wildman–Crippen MR) is 72.6 cm³/mol. The molecular formula is C12H15BrClNO2. The zero-order valence-corrected chi connectivity index (χ0v) is 12.2. The molecule has 0 N–H and O–H groups in total. The van der Waals surface area contributed by atoms with E-state index in [0.29, 0.717) is 23.7 Å². The lowest BCUT2D eigenvalue weighted by Gasteiger charge is -2.17. The zero-order valence-electron chi connectivity index (χ0n) is 9.87. The second kappa shape index (κ2) is 6.99. The molecule has 0 aliphatic heterocycles. The van der Waals surface area contributed by atoms with Crippen molar-refractivity contribution >= 4 is 33.4 Å². The van der Waals surface area contributed by atoms with E-state index in [1.807, 2.05) is 0 Å². The molecule has 0 fully saturated rings. The van der Waals surface area contributed by atoms with Crippen molar-refractivity contribution in [1.29, 1.82) is 0 Å². The Labute approximate surface area is 115 Å². The topological polar surface area (TPSA) is 29.5 Å². The molecule has 0 saturated carbocycles. The average molecular weight is 321 g/mol. The summed E-state index contributed by atoms with van der Waals surface area (Å²) in [6.07, 6.45) is 0.822. The van der Waals surface area contributed by atoms with Gasteiger partial charge in [0, 0.05) is 37.3 Å². The maximum atomic E-state index is 12.0. The number of carbonyl (C=O) groups is 1. The summed E-state index contributed by atoms with van der Waals surface area (Å²) in [5, 5.41) is 0.543. The first kappa shape index (κ1) is 14.5. The molecule has 1 rings (SSSR count). The Bertz CT molecular complexity index is 398. The van der Waals surface area contributed by atoms with Crippen molar-refractivity contribution < 1.29 is 9.53 Å². The lowest BCUT2D eigenvalue weighted by atomic mass is 10.2. The van der Waals surface area contributed by atoms with Gasteiger partial charge in [0.05, 0.1) is 5.02 Å². The first-order valence-corrected chi connectivity index (χ1v) is 6.43. The van der Waals surface area contributed by atoms with Crippen LogP contribution in [0.5, 0.6) is 0 Å². The number of ether oxygens (including phenoxy) is 1. The molecule has 17 heavy (non-hydrogen) atoms. The summed E-state index contributed by atoms with van der Waals surface area (Å²) in [5.41, 5.74) is 0.595. The Morgan fingerprint density at radius 3 is 2.82 bits per heavy atom. The first-order valence-electron chi connectivity index (χ1n) is 5.25. The highest BCUT2D eigenvalue weighted by molar-refractivity contribution is 9.10. The number of halogens is 2. The van der Waals surface area contributed by atoms with Gasteiger partial charge in [-0.1, -0.05) is 11.6 Å². The SMILES string of the molecule is COCCCN(C)C(=O)c1ccc(Br)c(Cl)c1. The van der Waals surface area contributed by atoms with Crippen LogP contribution in [0, 0.1) is 0 Å². The fourth-order valence-corrected chi connectivity index (χ4v) is 1.82. The van der Waals surface area contributed by atoms with E-state index in [4.69, 9.17) is 16.3 Å². The van der Waals surface area contributed by atoms with Crippen LogP contribution in [0.4, 0.5) is 0 Å². The summed E-state index contributed by atoms with van der Waals surface area (Å²) in [5.74, 6) is -0.0319. The third kappa shape index (κ3) is 4.30. The number of carbonyl (C=O) groups excluding carboxylic acids is 1. The van der Waals surface area contributed by atoms with Crippen molar-refractivity contribution in [3.63, 3.8) is 0 Å². The van der Waals surface area contributed by atoms with E-state index >= 15 is 0 Å². The molecular weight excluding hydrogens is 305 g/mol. The Morgan fingerprint density at radius 1 is 1.53 bits per heavy atom. The van der Waals surface area contributed by atoms with Gasteiger partial charge < -0.3 is 9.64 Å². The van der Waals surface area contributed by atoms with Crippen molar-refractivity contribution in [3.05, 3.63) is 33.3 Å². The minimum absolute atomic E-state index is 0.0319. The fourth-order valence-electron chi connectivity index (χ4n) is 1.40. The maximum Gasteiger partial charge on any atom is 0.253 e. The van der Waals surface area contributed by atoms with Gasteiger partial charge in [0.25, 0.3) is 5.91 Å². The summed E-state index contributed by atoms with van der Waals surface area (Å²) in [6.45, 7) is 1.32. The summed E-state index contributed by atoms with van der Waals surface area (Å²) in [7, 11) is 3.42. The van der Waals surface area contributed by atoms with Gasteiger partial charge in [-0.2, -0.15) is 0 Å². The molecule has 1 aromatic rings. The van der Waals surface area contributed by atoms with E-state index in [9.17, 15) is 4.79 Å². The molecule has 0 aromatic heterocycles. The van der Waals surface area contributed by atoms with E-state index < -0.39 is 0 Å². The molecule has 0 bridgehead atoms. The van der Waals surface area contributed by atoms with E-state index in [1.165, 1.54) is 0 Å². The Kier molecular flexibility index (Phi) is 5.95. The maximum absolute atomic E-state index is 12.0. The quantitative estimate of drug-likeness (QED) is 0.780. The van der Waals surface area contributed by atoms with Crippen LogP contribution in [0.25, 0.3) is 0 Å². The fraction of sp³-hybridized carbons (Fsp3) is 0.417. The standard InChI is InChI=1S/C12H15BrClNO2/c1-15(6-3-7-17-2)12(16)9-4-5-10(13)11(14)8-9/h4-5,8H,3,6-7H2,1-2H3. The molecule has 0 atom stereocenters. The van der Waals surface area contributed by atoms with Crippen LogP contribution < -0.4 is 0 Å². The van der Waals surface area contributed by atoms with E-state index in [0.717, 1.165) is 10.9 Å². The van der Waals surface area contributed by atoms with Crippen molar-refractivity contribution in [1.82, 2.24) is 4.90 Å². The normalized spacial score (nSPS) is 10.4. The molecule has 5 heteroatoms. The summed E-state index contributed by atoms with van der Waals surface area (Å²) in [6, 6.07) is 5.20. The van der Waals surface area contributed by atoms with Gasteiger partial charge in [-0.3, -0.25) is 4.79 Å². The molecule has 0 spiro atoms. The van der Waals surface area contributed by atoms with E-state index in [-0.39, 0.29) is 5.91 Å². The van der Waals surface area contributed by atoms with Gasteiger partial charge >= 0.3 is 0 Å². The second-order valence-corrected chi connectivity index (χ2v) is 4.96. The molecule has 1 aromatic carbocycles. The van der Waals surface area contributed by atoms with Gasteiger partial charge in [0.2, 0.25) is 0 Å². The number of methoxy groups -OCH3 is 1. The van der Waals surface area contributed by atoms with Gasteiger partial charge in [0.15, 0.2) is 0 Å². The first-order chi connectivity index (χ1) is 8.06. The highest BCUT2D eigenvalue weighted by atomic mass is 79.9. The van der Waals surface area contributed by atoms with Crippen LogP contribution in [0.2, 0.25) is 5.02 Å². The lowest BCUT2D eigenvalue weighted by Crippen LogP contribution is -2.28. The zero-order chi connectivity index (χ0) is 12.8. The highest BCUT2D eigenvalue weighted by Gasteiger charge is 2.12. The molecule has 0 aliphatic rings. The smallest absolute Gasteiger partial charge is 0.253 e. The Balaban J connectivity index is 2.65. The van der Waals surface area contributed by atoms with Gasteiger partial charge in [-0.15, -0.1) is 0 Å².